The van der Waals surface area contributed by atoms with Crippen LogP contribution in [0, 0.1) is 13.8 Å². The van der Waals surface area contributed by atoms with Gasteiger partial charge in [0.1, 0.15) is 0 Å². The molecule has 0 radical (unpaired) electrons. The maximum absolute atomic E-state index is 4.66. The van der Waals surface area contributed by atoms with Crippen LogP contribution in [0.4, 0.5) is 5.69 Å². The van der Waals surface area contributed by atoms with Crippen LogP contribution in [0.3, 0.4) is 0 Å². The Kier molecular flexibility index (Phi) is 3.96. The van der Waals surface area contributed by atoms with E-state index in [0.29, 0.717) is 0 Å². The van der Waals surface area contributed by atoms with Crippen LogP contribution in [0.15, 0.2) is 60.1 Å². The molecule has 0 unspecified atom stereocenters. The SMILES string of the molecule is C=C/C=N\c1c(-c2ccc3c(c2)C(C)(C)c2ccccc2-3)sc(C)c1C. The number of aliphatic imine (C=N–C) groups is 1. The van der Waals surface area contributed by atoms with Crippen molar-refractivity contribution in [3.05, 3.63) is 76.7 Å². The minimum atomic E-state index is 0.0217. The summed E-state index contributed by atoms with van der Waals surface area (Å²) in [4.78, 5) is 7.22. The zero-order chi connectivity index (χ0) is 18.5. The Morgan fingerprint density at radius 2 is 1.73 bits per heavy atom. The lowest BCUT2D eigenvalue weighted by Gasteiger charge is -2.21. The van der Waals surface area contributed by atoms with E-state index >= 15 is 0 Å². The van der Waals surface area contributed by atoms with Crippen LogP contribution in [0.5, 0.6) is 0 Å². The molecule has 130 valence electrons. The Balaban J connectivity index is 1.91. The molecule has 1 aliphatic rings. The third kappa shape index (κ3) is 2.40. The molecule has 1 aliphatic carbocycles. The smallest absolute Gasteiger partial charge is 0.0847 e. The molecule has 0 N–H and O–H groups in total. The van der Waals surface area contributed by atoms with Gasteiger partial charge in [0.15, 0.2) is 0 Å². The summed E-state index contributed by atoms with van der Waals surface area (Å²) in [6.07, 6.45) is 3.52. The highest BCUT2D eigenvalue weighted by molar-refractivity contribution is 7.16. The van der Waals surface area contributed by atoms with Crippen LogP contribution in [-0.2, 0) is 5.41 Å². The number of aryl methyl sites for hydroxylation is 1. The Bertz CT molecular complexity index is 1050. The summed E-state index contributed by atoms with van der Waals surface area (Å²) in [5, 5.41) is 0. The molecule has 0 saturated carbocycles. The molecular formula is C24H23NS. The fraction of sp³-hybridized carbons (Fsp3) is 0.208. The zero-order valence-corrected chi connectivity index (χ0v) is 16.6. The van der Waals surface area contributed by atoms with Crippen LogP contribution < -0.4 is 0 Å². The molecule has 4 rings (SSSR count). The summed E-state index contributed by atoms with van der Waals surface area (Å²) in [6.45, 7) is 12.7. The van der Waals surface area contributed by atoms with Crippen molar-refractivity contribution in [2.24, 2.45) is 4.99 Å². The summed E-state index contributed by atoms with van der Waals surface area (Å²) in [5.74, 6) is 0. The Labute approximate surface area is 159 Å². The van der Waals surface area contributed by atoms with E-state index in [1.807, 2.05) is 11.3 Å². The molecule has 0 amide bonds. The molecule has 0 saturated heterocycles. The molecule has 0 fully saturated rings. The Morgan fingerprint density at radius 3 is 2.50 bits per heavy atom. The fourth-order valence-electron chi connectivity index (χ4n) is 3.94. The van der Waals surface area contributed by atoms with Gasteiger partial charge in [-0.15, -0.1) is 11.3 Å². The third-order valence-electron chi connectivity index (χ3n) is 5.51. The van der Waals surface area contributed by atoms with Crippen molar-refractivity contribution in [3.8, 4) is 21.6 Å². The second-order valence-electron chi connectivity index (χ2n) is 7.41. The highest BCUT2D eigenvalue weighted by Gasteiger charge is 2.35. The first kappa shape index (κ1) is 17.0. The average molecular weight is 358 g/mol. The molecular weight excluding hydrogens is 334 g/mol. The maximum atomic E-state index is 4.66. The topological polar surface area (TPSA) is 12.4 Å². The van der Waals surface area contributed by atoms with Crippen molar-refractivity contribution < 1.29 is 0 Å². The van der Waals surface area contributed by atoms with Gasteiger partial charge in [0.05, 0.1) is 10.6 Å². The highest BCUT2D eigenvalue weighted by atomic mass is 32.1. The number of hydrogen-bond donors (Lipinski definition) is 0. The largest absolute Gasteiger partial charge is 0.255 e. The predicted molar refractivity (Wildman–Crippen MR) is 115 cm³/mol. The number of benzene rings is 2. The van der Waals surface area contributed by atoms with Gasteiger partial charge in [0.2, 0.25) is 0 Å². The predicted octanol–water partition coefficient (Wildman–Crippen LogP) is 7.23. The van der Waals surface area contributed by atoms with Gasteiger partial charge >= 0.3 is 0 Å². The van der Waals surface area contributed by atoms with Crippen molar-refractivity contribution in [1.82, 2.24) is 0 Å². The van der Waals surface area contributed by atoms with E-state index in [9.17, 15) is 0 Å². The maximum Gasteiger partial charge on any atom is 0.0847 e. The number of thiophene rings is 1. The minimum absolute atomic E-state index is 0.0217. The molecule has 0 aliphatic heterocycles. The lowest BCUT2D eigenvalue weighted by Crippen LogP contribution is -2.14. The van der Waals surface area contributed by atoms with E-state index in [2.05, 4.69) is 81.7 Å². The molecule has 1 aromatic heterocycles. The molecule has 2 heteroatoms. The van der Waals surface area contributed by atoms with Crippen molar-refractivity contribution in [1.29, 1.82) is 0 Å². The van der Waals surface area contributed by atoms with Crippen molar-refractivity contribution in [2.45, 2.75) is 33.1 Å². The lowest BCUT2D eigenvalue weighted by atomic mass is 9.82. The first-order valence-electron chi connectivity index (χ1n) is 8.95. The number of nitrogens with zero attached hydrogens (tertiary/aromatic N) is 1. The van der Waals surface area contributed by atoms with Crippen LogP contribution in [0.1, 0.15) is 35.4 Å². The molecule has 26 heavy (non-hydrogen) atoms. The van der Waals surface area contributed by atoms with E-state index < -0.39 is 0 Å². The molecule has 1 heterocycles. The van der Waals surface area contributed by atoms with Crippen LogP contribution in [0.2, 0.25) is 0 Å². The first-order chi connectivity index (χ1) is 12.4. The van der Waals surface area contributed by atoms with E-state index in [1.165, 1.54) is 43.1 Å². The van der Waals surface area contributed by atoms with E-state index in [1.54, 1.807) is 12.3 Å². The summed E-state index contributed by atoms with van der Waals surface area (Å²) in [5.41, 5.74) is 9.13. The first-order valence-corrected chi connectivity index (χ1v) is 9.76. The third-order valence-corrected chi connectivity index (χ3v) is 6.75. The van der Waals surface area contributed by atoms with Gasteiger partial charge in [0.25, 0.3) is 0 Å². The Morgan fingerprint density at radius 1 is 1.00 bits per heavy atom. The van der Waals surface area contributed by atoms with Gasteiger partial charge in [-0.1, -0.05) is 62.9 Å². The number of fused-ring (bicyclic) bond motifs is 3. The van der Waals surface area contributed by atoms with Gasteiger partial charge in [-0.2, -0.15) is 0 Å². The van der Waals surface area contributed by atoms with Gasteiger partial charge in [0, 0.05) is 16.5 Å². The Hall–Kier alpha value is -2.45. The van der Waals surface area contributed by atoms with Gasteiger partial charge in [-0.3, -0.25) is 4.99 Å². The number of rotatable bonds is 3. The molecule has 0 spiro atoms. The van der Waals surface area contributed by atoms with E-state index in [-0.39, 0.29) is 5.41 Å². The summed E-state index contributed by atoms with van der Waals surface area (Å²) < 4.78 is 0. The van der Waals surface area contributed by atoms with Crippen LogP contribution in [-0.4, -0.2) is 6.21 Å². The monoisotopic (exact) mass is 357 g/mol. The fourth-order valence-corrected chi connectivity index (χ4v) is 5.04. The summed E-state index contributed by atoms with van der Waals surface area (Å²) in [6, 6.07) is 15.7. The zero-order valence-electron chi connectivity index (χ0n) is 15.8. The molecule has 1 nitrogen and oxygen atoms in total. The van der Waals surface area contributed by atoms with Crippen molar-refractivity contribution in [3.63, 3.8) is 0 Å². The lowest BCUT2D eigenvalue weighted by molar-refractivity contribution is 0.660. The average Bonchev–Trinajstić information content (AvgIpc) is 3.05. The quantitative estimate of drug-likeness (QED) is 0.439. The second-order valence-corrected chi connectivity index (χ2v) is 8.63. The van der Waals surface area contributed by atoms with Gasteiger partial charge in [-0.05, 0) is 53.3 Å². The van der Waals surface area contributed by atoms with Crippen LogP contribution >= 0.6 is 11.3 Å². The normalized spacial score (nSPS) is 14.5. The van der Waals surface area contributed by atoms with Crippen LogP contribution in [0.25, 0.3) is 21.6 Å². The second kappa shape index (κ2) is 6.07. The number of hydrogen-bond acceptors (Lipinski definition) is 2. The van der Waals surface area contributed by atoms with Crippen molar-refractivity contribution in [2.75, 3.05) is 0 Å². The minimum Gasteiger partial charge on any atom is -0.255 e. The van der Waals surface area contributed by atoms with Gasteiger partial charge in [-0.25, -0.2) is 0 Å². The van der Waals surface area contributed by atoms with E-state index in [0.717, 1.165) is 5.69 Å². The summed E-state index contributed by atoms with van der Waals surface area (Å²) in [7, 11) is 0. The van der Waals surface area contributed by atoms with E-state index in [4.69, 9.17) is 0 Å². The molecule has 0 atom stereocenters. The highest BCUT2D eigenvalue weighted by Crippen LogP contribution is 2.51. The standard InChI is InChI=1S/C24H23NS/c1-6-13-25-22-15(2)16(3)26-23(22)17-11-12-19-18-9-7-8-10-20(18)24(4,5)21(19)14-17/h6-14H,1H2,2-5H3/b25-13-. The number of allylic oxidation sites excluding steroid dienone is 1. The molecule has 2 aromatic carbocycles. The summed E-state index contributed by atoms with van der Waals surface area (Å²) >= 11 is 1.83. The van der Waals surface area contributed by atoms with Gasteiger partial charge < -0.3 is 0 Å². The molecule has 3 aromatic rings. The molecule has 0 bridgehead atoms. The van der Waals surface area contributed by atoms with Crippen molar-refractivity contribution >= 4 is 23.2 Å².